The zero-order chi connectivity index (χ0) is 13.8. The number of aliphatic hydroxyl groups excluding tert-OH is 1. The van der Waals surface area contributed by atoms with Gasteiger partial charge in [0, 0.05) is 6.42 Å². The monoisotopic (exact) mass is 260 g/mol. The van der Waals surface area contributed by atoms with Gasteiger partial charge in [-0.3, -0.25) is 4.79 Å². The Balaban J connectivity index is 2.01. The first kappa shape index (κ1) is 14.3. The molecular formula is C17H24O2. The molecule has 1 atom stereocenters. The molecule has 0 radical (unpaired) electrons. The average molecular weight is 260 g/mol. The number of benzene rings is 1. The number of hydrogen-bond donors (Lipinski definition) is 1. The zero-order valence-corrected chi connectivity index (χ0v) is 12.0. The van der Waals surface area contributed by atoms with Crippen molar-refractivity contribution < 1.29 is 9.90 Å². The summed E-state index contributed by atoms with van der Waals surface area (Å²) in [7, 11) is 0. The molecule has 19 heavy (non-hydrogen) atoms. The van der Waals surface area contributed by atoms with E-state index in [0.717, 1.165) is 36.8 Å². The van der Waals surface area contributed by atoms with Crippen LogP contribution in [0.1, 0.15) is 48.8 Å². The van der Waals surface area contributed by atoms with Crippen LogP contribution in [0.25, 0.3) is 0 Å². The Morgan fingerprint density at radius 2 is 1.95 bits per heavy atom. The fraction of sp³-hybridized carbons (Fsp3) is 0.588. The molecule has 1 aromatic rings. The summed E-state index contributed by atoms with van der Waals surface area (Å²) in [6.45, 7) is 4.06. The fourth-order valence-corrected chi connectivity index (χ4v) is 3.00. The molecule has 1 fully saturated rings. The van der Waals surface area contributed by atoms with E-state index in [1.165, 1.54) is 12.0 Å². The van der Waals surface area contributed by atoms with Gasteiger partial charge in [-0.15, -0.1) is 0 Å². The molecule has 0 bridgehead atoms. The number of hydrogen-bond acceptors (Lipinski definition) is 2. The average Bonchev–Trinajstić information content (AvgIpc) is 2.43. The summed E-state index contributed by atoms with van der Waals surface area (Å²) in [5.41, 5.74) is 3.36. The molecule has 1 saturated carbocycles. The molecule has 104 valence electrons. The summed E-state index contributed by atoms with van der Waals surface area (Å²) in [4.78, 5) is 12.2. The maximum atomic E-state index is 12.2. The van der Waals surface area contributed by atoms with E-state index in [1.807, 2.05) is 19.9 Å². The topological polar surface area (TPSA) is 37.3 Å². The van der Waals surface area contributed by atoms with Crippen LogP contribution in [0.3, 0.4) is 0 Å². The molecule has 1 aliphatic carbocycles. The van der Waals surface area contributed by atoms with Crippen LogP contribution in [0.2, 0.25) is 0 Å². The standard InChI is InChI=1S/C17H24O2/c1-12-8-9-13(2)15(10-12)11-16(18)17(19)14-6-4-3-5-7-14/h8-10,14,17,19H,3-7,11H2,1-2H3. The predicted molar refractivity (Wildman–Crippen MR) is 77.2 cm³/mol. The van der Waals surface area contributed by atoms with Crippen molar-refractivity contribution in [2.45, 2.75) is 58.5 Å². The van der Waals surface area contributed by atoms with Gasteiger partial charge in [0.05, 0.1) is 0 Å². The smallest absolute Gasteiger partial charge is 0.165 e. The van der Waals surface area contributed by atoms with Crippen LogP contribution in [0.5, 0.6) is 0 Å². The molecule has 1 N–H and O–H groups in total. The Labute approximate surface area is 115 Å². The van der Waals surface area contributed by atoms with Crippen LogP contribution in [0.15, 0.2) is 18.2 Å². The first-order valence-electron chi connectivity index (χ1n) is 7.35. The van der Waals surface area contributed by atoms with Gasteiger partial charge < -0.3 is 5.11 Å². The Bertz CT molecular complexity index is 445. The Morgan fingerprint density at radius 1 is 1.26 bits per heavy atom. The van der Waals surface area contributed by atoms with Gasteiger partial charge in [0.15, 0.2) is 5.78 Å². The molecule has 0 aliphatic heterocycles. The molecule has 2 heteroatoms. The second-order valence-electron chi connectivity index (χ2n) is 5.92. The van der Waals surface area contributed by atoms with Gasteiger partial charge in [-0.1, -0.05) is 43.0 Å². The first-order chi connectivity index (χ1) is 9.08. The largest absolute Gasteiger partial charge is 0.385 e. The van der Waals surface area contributed by atoms with Crippen LogP contribution in [0, 0.1) is 19.8 Å². The van der Waals surface area contributed by atoms with Crippen LogP contribution in [0.4, 0.5) is 0 Å². The summed E-state index contributed by atoms with van der Waals surface area (Å²) in [6.07, 6.45) is 5.15. The van der Waals surface area contributed by atoms with Crippen LogP contribution < -0.4 is 0 Å². The molecule has 2 rings (SSSR count). The van der Waals surface area contributed by atoms with Crippen LogP contribution >= 0.6 is 0 Å². The van der Waals surface area contributed by atoms with E-state index in [4.69, 9.17) is 0 Å². The third-order valence-corrected chi connectivity index (χ3v) is 4.30. The van der Waals surface area contributed by atoms with Crippen molar-refractivity contribution in [3.8, 4) is 0 Å². The lowest BCUT2D eigenvalue weighted by Crippen LogP contribution is -2.32. The van der Waals surface area contributed by atoms with E-state index < -0.39 is 6.10 Å². The second-order valence-corrected chi connectivity index (χ2v) is 5.92. The Morgan fingerprint density at radius 3 is 2.63 bits per heavy atom. The SMILES string of the molecule is Cc1ccc(C)c(CC(=O)C(O)C2CCCCC2)c1. The summed E-state index contributed by atoms with van der Waals surface area (Å²) >= 11 is 0. The number of aliphatic hydroxyl groups is 1. The minimum atomic E-state index is -0.764. The molecule has 1 aliphatic rings. The number of carbonyl (C=O) groups is 1. The minimum Gasteiger partial charge on any atom is -0.385 e. The lowest BCUT2D eigenvalue weighted by atomic mass is 9.82. The van der Waals surface area contributed by atoms with Crippen molar-refractivity contribution in [2.75, 3.05) is 0 Å². The quantitative estimate of drug-likeness (QED) is 0.901. The maximum absolute atomic E-state index is 12.2. The fourth-order valence-electron chi connectivity index (χ4n) is 3.00. The number of carbonyl (C=O) groups excluding carboxylic acids is 1. The molecule has 0 aromatic heterocycles. The molecule has 0 saturated heterocycles. The third-order valence-electron chi connectivity index (χ3n) is 4.30. The number of Topliss-reactive ketones (excluding diaryl/α,β-unsaturated/α-hetero) is 1. The molecule has 2 nitrogen and oxygen atoms in total. The molecular weight excluding hydrogens is 236 g/mol. The van der Waals surface area contributed by atoms with E-state index in [0.29, 0.717) is 6.42 Å². The lowest BCUT2D eigenvalue weighted by Gasteiger charge is -2.25. The normalized spacial score (nSPS) is 18.3. The molecule has 1 aromatic carbocycles. The van der Waals surface area contributed by atoms with Crippen molar-refractivity contribution in [3.63, 3.8) is 0 Å². The van der Waals surface area contributed by atoms with Gasteiger partial charge in [-0.25, -0.2) is 0 Å². The molecule has 0 spiro atoms. The van der Waals surface area contributed by atoms with Crippen molar-refractivity contribution >= 4 is 5.78 Å². The van der Waals surface area contributed by atoms with Crippen molar-refractivity contribution in [2.24, 2.45) is 5.92 Å². The van der Waals surface area contributed by atoms with E-state index in [1.54, 1.807) is 0 Å². The minimum absolute atomic E-state index is 0.0133. The van der Waals surface area contributed by atoms with Crippen LogP contribution in [-0.4, -0.2) is 17.0 Å². The molecule has 0 amide bonds. The van der Waals surface area contributed by atoms with E-state index in [9.17, 15) is 9.90 Å². The summed E-state index contributed by atoms with van der Waals surface area (Å²) in [5.74, 6) is 0.173. The van der Waals surface area contributed by atoms with Gasteiger partial charge in [-0.05, 0) is 43.7 Å². The Kier molecular flexibility index (Phi) is 4.76. The van der Waals surface area contributed by atoms with E-state index >= 15 is 0 Å². The van der Waals surface area contributed by atoms with Crippen molar-refractivity contribution in [3.05, 3.63) is 34.9 Å². The third kappa shape index (κ3) is 3.66. The Hall–Kier alpha value is -1.15. The number of ketones is 1. The maximum Gasteiger partial charge on any atom is 0.165 e. The predicted octanol–water partition coefficient (Wildman–Crippen LogP) is 3.36. The highest BCUT2D eigenvalue weighted by atomic mass is 16.3. The number of rotatable bonds is 4. The highest BCUT2D eigenvalue weighted by Crippen LogP contribution is 2.27. The number of aryl methyl sites for hydroxylation is 2. The van der Waals surface area contributed by atoms with Crippen molar-refractivity contribution in [1.82, 2.24) is 0 Å². The lowest BCUT2D eigenvalue weighted by molar-refractivity contribution is -0.129. The van der Waals surface area contributed by atoms with Gasteiger partial charge in [0.2, 0.25) is 0 Å². The second kappa shape index (κ2) is 6.33. The summed E-state index contributed by atoms with van der Waals surface area (Å²) < 4.78 is 0. The molecule has 1 unspecified atom stereocenters. The van der Waals surface area contributed by atoms with Gasteiger partial charge in [0.1, 0.15) is 6.10 Å². The van der Waals surface area contributed by atoms with E-state index in [2.05, 4.69) is 12.1 Å². The van der Waals surface area contributed by atoms with Crippen LogP contribution in [-0.2, 0) is 11.2 Å². The van der Waals surface area contributed by atoms with Gasteiger partial charge in [-0.2, -0.15) is 0 Å². The highest BCUT2D eigenvalue weighted by molar-refractivity contribution is 5.85. The van der Waals surface area contributed by atoms with Gasteiger partial charge in [0.25, 0.3) is 0 Å². The molecule has 0 heterocycles. The summed E-state index contributed by atoms with van der Waals surface area (Å²) in [6, 6.07) is 6.16. The van der Waals surface area contributed by atoms with E-state index in [-0.39, 0.29) is 11.7 Å². The van der Waals surface area contributed by atoms with Gasteiger partial charge >= 0.3 is 0 Å². The first-order valence-corrected chi connectivity index (χ1v) is 7.35. The highest BCUT2D eigenvalue weighted by Gasteiger charge is 2.27. The summed E-state index contributed by atoms with van der Waals surface area (Å²) in [5, 5.41) is 10.2. The van der Waals surface area contributed by atoms with Crippen molar-refractivity contribution in [1.29, 1.82) is 0 Å². The zero-order valence-electron chi connectivity index (χ0n) is 12.0.